The maximum Gasteiger partial charge on any atom is 0.246 e. The van der Waals surface area contributed by atoms with Gasteiger partial charge in [-0.15, -0.1) is 0 Å². The summed E-state index contributed by atoms with van der Waals surface area (Å²) in [5, 5.41) is 0. The second kappa shape index (κ2) is 7.59. The maximum absolute atomic E-state index is 13.7. The van der Waals surface area contributed by atoms with E-state index in [9.17, 15) is 14.0 Å². The van der Waals surface area contributed by atoms with Crippen molar-refractivity contribution in [3.8, 4) is 11.3 Å². The molecule has 5 nitrogen and oxygen atoms in total. The first-order valence-electron chi connectivity index (χ1n) is 7.36. The molecule has 0 radical (unpaired) electrons. The maximum atomic E-state index is 13.7. The van der Waals surface area contributed by atoms with Crippen LogP contribution >= 0.6 is 0 Å². The summed E-state index contributed by atoms with van der Waals surface area (Å²) in [7, 11) is 4.80. The minimum atomic E-state index is -0.375. The third-order valence-electron chi connectivity index (χ3n) is 3.40. The molecule has 1 heterocycles. The van der Waals surface area contributed by atoms with Gasteiger partial charge in [-0.25, -0.2) is 4.39 Å². The van der Waals surface area contributed by atoms with Crippen molar-refractivity contribution < 1.29 is 18.4 Å². The Hall–Kier alpha value is -2.89. The van der Waals surface area contributed by atoms with E-state index in [1.54, 1.807) is 51.5 Å². The van der Waals surface area contributed by atoms with E-state index in [0.717, 1.165) is 0 Å². The van der Waals surface area contributed by atoms with Gasteiger partial charge in [0.25, 0.3) is 0 Å². The molecule has 0 bridgehead atoms. The normalized spacial score (nSPS) is 10.8. The topological polar surface area (TPSA) is 53.8 Å². The van der Waals surface area contributed by atoms with Crippen LogP contribution in [0.25, 0.3) is 17.4 Å². The van der Waals surface area contributed by atoms with E-state index in [4.69, 9.17) is 4.42 Å². The summed E-state index contributed by atoms with van der Waals surface area (Å²) in [6.45, 7) is -0.00515. The smallest absolute Gasteiger partial charge is 0.246 e. The van der Waals surface area contributed by atoms with E-state index in [1.165, 1.54) is 28.0 Å². The molecule has 0 saturated carbocycles. The summed E-state index contributed by atoms with van der Waals surface area (Å²) in [6.07, 6.45) is 2.80. The highest BCUT2D eigenvalue weighted by Gasteiger charge is 2.12. The van der Waals surface area contributed by atoms with Crippen molar-refractivity contribution in [1.82, 2.24) is 9.80 Å². The average Bonchev–Trinajstić information content (AvgIpc) is 3.01. The fourth-order valence-electron chi connectivity index (χ4n) is 1.95. The van der Waals surface area contributed by atoms with Gasteiger partial charge in [0.05, 0.1) is 12.1 Å². The van der Waals surface area contributed by atoms with Crippen LogP contribution in [0.3, 0.4) is 0 Å². The van der Waals surface area contributed by atoms with E-state index < -0.39 is 0 Å². The Kier molecular flexibility index (Phi) is 5.52. The van der Waals surface area contributed by atoms with Crippen LogP contribution in [-0.4, -0.2) is 49.3 Å². The van der Waals surface area contributed by atoms with Crippen LogP contribution in [0.5, 0.6) is 0 Å². The number of halogens is 1. The summed E-state index contributed by atoms with van der Waals surface area (Å²) in [6, 6.07) is 9.59. The molecule has 0 fully saturated rings. The van der Waals surface area contributed by atoms with Crippen molar-refractivity contribution in [2.75, 3.05) is 27.7 Å². The number of carbonyl (C=O) groups excluding carboxylic acids is 2. The Balaban J connectivity index is 2.04. The van der Waals surface area contributed by atoms with Crippen LogP contribution in [0.4, 0.5) is 4.39 Å². The molecule has 0 N–H and O–H groups in total. The monoisotopic (exact) mass is 330 g/mol. The zero-order valence-corrected chi connectivity index (χ0v) is 13.8. The van der Waals surface area contributed by atoms with E-state index >= 15 is 0 Å². The van der Waals surface area contributed by atoms with Gasteiger partial charge >= 0.3 is 0 Å². The largest absolute Gasteiger partial charge is 0.457 e. The second-order valence-electron chi connectivity index (χ2n) is 5.50. The molecule has 0 saturated heterocycles. The van der Waals surface area contributed by atoms with Gasteiger partial charge in [0.15, 0.2) is 0 Å². The summed E-state index contributed by atoms with van der Waals surface area (Å²) in [4.78, 5) is 26.3. The lowest BCUT2D eigenvalue weighted by molar-refractivity contribution is -0.135. The Labute approximate surface area is 140 Å². The number of amides is 2. The van der Waals surface area contributed by atoms with Gasteiger partial charge < -0.3 is 14.2 Å². The van der Waals surface area contributed by atoms with Crippen LogP contribution in [-0.2, 0) is 9.59 Å². The fraction of sp³-hybridized carbons (Fsp3) is 0.222. The van der Waals surface area contributed by atoms with Gasteiger partial charge in [-0.3, -0.25) is 9.59 Å². The second-order valence-corrected chi connectivity index (χ2v) is 5.50. The number of hydrogen-bond donors (Lipinski definition) is 0. The molecule has 2 amide bonds. The number of carbonyl (C=O) groups is 2. The Bertz CT molecular complexity index is 765. The minimum absolute atomic E-state index is 0.00515. The van der Waals surface area contributed by atoms with Gasteiger partial charge in [0.2, 0.25) is 11.8 Å². The van der Waals surface area contributed by atoms with E-state index in [1.807, 2.05) is 0 Å². The molecule has 2 aromatic rings. The summed E-state index contributed by atoms with van der Waals surface area (Å²) in [5.74, 6) is -0.0567. The number of benzene rings is 1. The highest BCUT2D eigenvalue weighted by molar-refractivity contribution is 5.93. The highest BCUT2D eigenvalue weighted by atomic mass is 19.1. The lowest BCUT2D eigenvalue weighted by atomic mass is 10.1. The third-order valence-corrected chi connectivity index (χ3v) is 3.40. The van der Waals surface area contributed by atoms with Crippen molar-refractivity contribution in [3.05, 3.63) is 54.1 Å². The predicted molar refractivity (Wildman–Crippen MR) is 89.5 cm³/mol. The number of furan rings is 1. The highest BCUT2D eigenvalue weighted by Crippen LogP contribution is 2.25. The molecule has 2 rings (SSSR count). The average molecular weight is 330 g/mol. The molecule has 0 spiro atoms. The van der Waals surface area contributed by atoms with E-state index in [0.29, 0.717) is 17.1 Å². The Morgan fingerprint density at radius 2 is 1.83 bits per heavy atom. The van der Waals surface area contributed by atoms with Crippen molar-refractivity contribution in [2.24, 2.45) is 0 Å². The lowest BCUT2D eigenvalue weighted by Gasteiger charge is -2.17. The van der Waals surface area contributed by atoms with E-state index in [-0.39, 0.29) is 24.2 Å². The number of likely N-dealkylation sites (N-methyl/N-ethyl adjacent to an activating group) is 2. The van der Waals surface area contributed by atoms with Crippen molar-refractivity contribution in [3.63, 3.8) is 0 Å². The first kappa shape index (κ1) is 17.5. The molecule has 6 heteroatoms. The molecule has 1 aromatic carbocycles. The number of rotatable bonds is 5. The third kappa shape index (κ3) is 4.32. The van der Waals surface area contributed by atoms with Crippen molar-refractivity contribution in [2.45, 2.75) is 0 Å². The quantitative estimate of drug-likeness (QED) is 0.792. The summed E-state index contributed by atoms with van der Waals surface area (Å²) in [5.41, 5.74) is 0.358. The zero-order chi connectivity index (χ0) is 17.7. The Morgan fingerprint density at radius 1 is 1.12 bits per heavy atom. The zero-order valence-electron chi connectivity index (χ0n) is 13.8. The number of hydrogen-bond acceptors (Lipinski definition) is 3. The molecule has 0 unspecified atom stereocenters. The Morgan fingerprint density at radius 3 is 2.50 bits per heavy atom. The van der Waals surface area contributed by atoms with Crippen LogP contribution in [0.15, 0.2) is 46.9 Å². The molecule has 126 valence electrons. The molecule has 1 aromatic heterocycles. The summed E-state index contributed by atoms with van der Waals surface area (Å²) < 4.78 is 19.2. The van der Waals surface area contributed by atoms with Crippen LogP contribution in [0.1, 0.15) is 5.76 Å². The SMILES string of the molecule is CN(C)C(=O)CN(C)C(=O)/C=C/c1ccc(-c2ccccc2F)o1. The molecule has 0 aliphatic heterocycles. The fourth-order valence-corrected chi connectivity index (χ4v) is 1.95. The van der Waals surface area contributed by atoms with Gasteiger partial charge in [0.1, 0.15) is 17.3 Å². The molecular formula is C18H19FN2O3. The lowest BCUT2D eigenvalue weighted by Crippen LogP contribution is -2.36. The predicted octanol–water partition coefficient (Wildman–Crippen LogP) is 2.65. The van der Waals surface area contributed by atoms with Crippen LogP contribution in [0, 0.1) is 5.82 Å². The van der Waals surface area contributed by atoms with Crippen LogP contribution < -0.4 is 0 Å². The van der Waals surface area contributed by atoms with Crippen molar-refractivity contribution in [1.29, 1.82) is 0 Å². The van der Waals surface area contributed by atoms with Gasteiger partial charge in [-0.2, -0.15) is 0 Å². The van der Waals surface area contributed by atoms with Gasteiger partial charge in [-0.1, -0.05) is 12.1 Å². The van der Waals surface area contributed by atoms with Crippen molar-refractivity contribution >= 4 is 17.9 Å². The molecule has 0 aliphatic rings. The molecule has 0 atom stereocenters. The first-order chi connectivity index (χ1) is 11.4. The first-order valence-corrected chi connectivity index (χ1v) is 7.36. The van der Waals surface area contributed by atoms with Crippen LogP contribution in [0.2, 0.25) is 0 Å². The summed E-state index contributed by atoms with van der Waals surface area (Å²) >= 11 is 0. The molecular weight excluding hydrogens is 311 g/mol. The minimum Gasteiger partial charge on any atom is -0.457 e. The molecule has 24 heavy (non-hydrogen) atoms. The standard InChI is InChI=1S/C18H19FN2O3/c1-20(2)18(23)12-21(3)17(22)11-9-13-8-10-16(24-13)14-6-4-5-7-15(14)19/h4-11H,12H2,1-3H3/b11-9+. The molecule has 0 aliphatic carbocycles. The number of nitrogens with zero attached hydrogens (tertiary/aromatic N) is 2. The van der Waals surface area contributed by atoms with E-state index in [2.05, 4.69) is 0 Å². The van der Waals surface area contributed by atoms with Gasteiger partial charge in [0, 0.05) is 27.2 Å². The van der Waals surface area contributed by atoms with Gasteiger partial charge in [-0.05, 0) is 30.3 Å².